The van der Waals surface area contributed by atoms with Crippen LogP contribution in [0.5, 0.6) is 11.5 Å². The molecule has 0 bridgehead atoms. The third kappa shape index (κ3) is 5.13. The van der Waals surface area contributed by atoms with Crippen LogP contribution in [0.25, 0.3) is 0 Å². The molecule has 0 saturated heterocycles. The summed E-state index contributed by atoms with van der Waals surface area (Å²) >= 11 is 0. The third-order valence-electron chi connectivity index (χ3n) is 3.01. The molecule has 0 atom stereocenters. The fourth-order valence-corrected chi connectivity index (χ4v) is 1.76. The standard InChI is InChI=1S/C18H21NO3/c1-14(2)18(20)19-15-8-10-17(11-9-15)22-13-12-21-16-6-4-3-5-7-16/h3-11,14H,12-13H2,1-2H3,(H,19,20). The van der Waals surface area contributed by atoms with E-state index < -0.39 is 0 Å². The van der Waals surface area contributed by atoms with Gasteiger partial charge in [-0.2, -0.15) is 0 Å². The Morgan fingerprint density at radius 1 is 0.909 bits per heavy atom. The van der Waals surface area contributed by atoms with E-state index in [1.165, 1.54) is 0 Å². The van der Waals surface area contributed by atoms with Gasteiger partial charge in [-0.3, -0.25) is 4.79 Å². The van der Waals surface area contributed by atoms with Crippen LogP contribution in [-0.2, 0) is 4.79 Å². The molecular weight excluding hydrogens is 278 g/mol. The van der Waals surface area contributed by atoms with Crippen molar-refractivity contribution in [3.8, 4) is 11.5 Å². The van der Waals surface area contributed by atoms with Crippen molar-refractivity contribution in [3.63, 3.8) is 0 Å². The van der Waals surface area contributed by atoms with Gasteiger partial charge in [-0.25, -0.2) is 0 Å². The molecule has 2 rings (SSSR count). The first kappa shape index (κ1) is 15.9. The maximum atomic E-state index is 11.6. The molecule has 116 valence electrons. The van der Waals surface area contributed by atoms with Crippen molar-refractivity contribution in [1.29, 1.82) is 0 Å². The lowest BCUT2D eigenvalue weighted by atomic mass is 10.2. The number of benzene rings is 2. The third-order valence-corrected chi connectivity index (χ3v) is 3.01. The number of carbonyl (C=O) groups excluding carboxylic acids is 1. The highest BCUT2D eigenvalue weighted by Crippen LogP contribution is 2.16. The van der Waals surface area contributed by atoms with Gasteiger partial charge in [-0.05, 0) is 36.4 Å². The fourth-order valence-electron chi connectivity index (χ4n) is 1.76. The number of carbonyl (C=O) groups is 1. The number of ether oxygens (including phenoxy) is 2. The molecule has 0 unspecified atom stereocenters. The molecule has 0 aliphatic carbocycles. The van der Waals surface area contributed by atoms with Gasteiger partial charge in [-0.15, -0.1) is 0 Å². The average molecular weight is 299 g/mol. The maximum Gasteiger partial charge on any atom is 0.226 e. The molecule has 0 radical (unpaired) electrons. The second kappa shape index (κ2) is 8.08. The van der Waals surface area contributed by atoms with Gasteiger partial charge < -0.3 is 14.8 Å². The second-order valence-electron chi connectivity index (χ2n) is 5.18. The van der Waals surface area contributed by atoms with Crippen molar-refractivity contribution in [1.82, 2.24) is 0 Å². The first-order valence-corrected chi connectivity index (χ1v) is 7.37. The molecule has 0 heterocycles. The Labute approximate surface area is 131 Å². The van der Waals surface area contributed by atoms with Gasteiger partial charge in [0.1, 0.15) is 24.7 Å². The van der Waals surface area contributed by atoms with E-state index in [9.17, 15) is 4.79 Å². The first-order chi connectivity index (χ1) is 10.6. The molecule has 2 aromatic rings. The van der Waals surface area contributed by atoms with Crippen LogP contribution < -0.4 is 14.8 Å². The van der Waals surface area contributed by atoms with Crippen LogP contribution in [0.4, 0.5) is 5.69 Å². The first-order valence-electron chi connectivity index (χ1n) is 7.37. The summed E-state index contributed by atoms with van der Waals surface area (Å²) in [6.07, 6.45) is 0. The van der Waals surface area contributed by atoms with E-state index in [0.717, 1.165) is 17.2 Å². The van der Waals surface area contributed by atoms with Crippen LogP contribution in [0, 0.1) is 5.92 Å². The Bertz CT molecular complexity index is 579. The largest absolute Gasteiger partial charge is 0.490 e. The predicted molar refractivity (Wildman–Crippen MR) is 87.3 cm³/mol. The number of hydrogen-bond acceptors (Lipinski definition) is 3. The summed E-state index contributed by atoms with van der Waals surface area (Å²) in [5.74, 6) is 1.55. The zero-order valence-electron chi connectivity index (χ0n) is 12.9. The normalized spacial score (nSPS) is 10.3. The van der Waals surface area contributed by atoms with Crippen molar-refractivity contribution in [2.24, 2.45) is 5.92 Å². The zero-order valence-corrected chi connectivity index (χ0v) is 12.9. The monoisotopic (exact) mass is 299 g/mol. The van der Waals surface area contributed by atoms with E-state index in [-0.39, 0.29) is 11.8 Å². The molecule has 2 aromatic carbocycles. The van der Waals surface area contributed by atoms with E-state index in [4.69, 9.17) is 9.47 Å². The van der Waals surface area contributed by atoms with E-state index in [2.05, 4.69) is 5.32 Å². The molecule has 0 spiro atoms. The van der Waals surface area contributed by atoms with Crippen LogP contribution in [0.1, 0.15) is 13.8 Å². The van der Waals surface area contributed by atoms with Crippen molar-refractivity contribution >= 4 is 11.6 Å². The molecule has 1 N–H and O–H groups in total. The number of nitrogens with one attached hydrogen (secondary N) is 1. The van der Waals surface area contributed by atoms with Gasteiger partial charge in [0.05, 0.1) is 0 Å². The summed E-state index contributed by atoms with van der Waals surface area (Å²) < 4.78 is 11.1. The Morgan fingerprint density at radius 2 is 1.45 bits per heavy atom. The topological polar surface area (TPSA) is 47.6 Å². The molecule has 4 heteroatoms. The minimum atomic E-state index is -0.0361. The molecule has 0 saturated carbocycles. The van der Waals surface area contributed by atoms with Crippen molar-refractivity contribution < 1.29 is 14.3 Å². The minimum absolute atomic E-state index is 0.00456. The smallest absolute Gasteiger partial charge is 0.226 e. The van der Waals surface area contributed by atoms with E-state index in [1.807, 2.05) is 68.4 Å². The number of para-hydroxylation sites is 1. The summed E-state index contributed by atoms with van der Waals surface area (Å²) in [5, 5.41) is 2.84. The Balaban J connectivity index is 1.73. The molecule has 0 fully saturated rings. The van der Waals surface area contributed by atoms with E-state index in [1.54, 1.807) is 0 Å². The van der Waals surface area contributed by atoms with Gasteiger partial charge in [0.25, 0.3) is 0 Å². The number of amides is 1. The van der Waals surface area contributed by atoms with Crippen LogP contribution in [0.3, 0.4) is 0 Å². The lowest BCUT2D eigenvalue weighted by Crippen LogP contribution is -2.17. The van der Waals surface area contributed by atoms with Gasteiger partial charge in [0.15, 0.2) is 0 Å². The van der Waals surface area contributed by atoms with Crippen molar-refractivity contribution in [3.05, 3.63) is 54.6 Å². The molecule has 1 amide bonds. The predicted octanol–water partition coefficient (Wildman–Crippen LogP) is 3.74. The van der Waals surface area contributed by atoms with Gasteiger partial charge >= 0.3 is 0 Å². The van der Waals surface area contributed by atoms with Crippen LogP contribution >= 0.6 is 0 Å². The lowest BCUT2D eigenvalue weighted by molar-refractivity contribution is -0.118. The highest BCUT2D eigenvalue weighted by atomic mass is 16.5. The summed E-state index contributed by atoms with van der Waals surface area (Å²) in [7, 11) is 0. The number of rotatable bonds is 7. The molecular formula is C18H21NO3. The fraction of sp³-hybridized carbons (Fsp3) is 0.278. The van der Waals surface area contributed by atoms with Gasteiger partial charge in [-0.1, -0.05) is 32.0 Å². The SMILES string of the molecule is CC(C)C(=O)Nc1ccc(OCCOc2ccccc2)cc1. The number of anilines is 1. The van der Waals surface area contributed by atoms with E-state index >= 15 is 0 Å². The van der Waals surface area contributed by atoms with Gasteiger partial charge in [0.2, 0.25) is 5.91 Å². The highest BCUT2D eigenvalue weighted by molar-refractivity contribution is 5.92. The zero-order chi connectivity index (χ0) is 15.8. The Hall–Kier alpha value is -2.49. The minimum Gasteiger partial charge on any atom is -0.490 e. The Morgan fingerprint density at radius 3 is 2.00 bits per heavy atom. The lowest BCUT2D eigenvalue weighted by Gasteiger charge is -2.10. The summed E-state index contributed by atoms with van der Waals surface area (Å²) in [6.45, 7) is 4.67. The van der Waals surface area contributed by atoms with Crippen LogP contribution in [0.15, 0.2) is 54.6 Å². The average Bonchev–Trinajstić information content (AvgIpc) is 2.54. The molecule has 0 aromatic heterocycles. The van der Waals surface area contributed by atoms with Crippen LogP contribution in [-0.4, -0.2) is 19.1 Å². The quantitative estimate of drug-likeness (QED) is 0.792. The van der Waals surface area contributed by atoms with E-state index in [0.29, 0.717) is 13.2 Å². The number of hydrogen-bond donors (Lipinski definition) is 1. The molecule has 22 heavy (non-hydrogen) atoms. The highest BCUT2D eigenvalue weighted by Gasteiger charge is 2.06. The summed E-state index contributed by atoms with van der Waals surface area (Å²) in [6, 6.07) is 16.9. The second-order valence-corrected chi connectivity index (χ2v) is 5.18. The molecule has 4 nitrogen and oxygen atoms in total. The molecule has 0 aliphatic rings. The van der Waals surface area contributed by atoms with Gasteiger partial charge in [0, 0.05) is 11.6 Å². The van der Waals surface area contributed by atoms with Crippen LogP contribution in [0.2, 0.25) is 0 Å². The Kier molecular flexibility index (Phi) is 5.83. The summed E-state index contributed by atoms with van der Waals surface area (Å²) in [5.41, 5.74) is 0.770. The van der Waals surface area contributed by atoms with Crippen molar-refractivity contribution in [2.75, 3.05) is 18.5 Å². The summed E-state index contributed by atoms with van der Waals surface area (Å²) in [4.78, 5) is 11.6. The van der Waals surface area contributed by atoms with Crippen molar-refractivity contribution in [2.45, 2.75) is 13.8 Å². The maximum absolute atomic E-state index is 11.6. The molecule has 0 aliphatic heterocycles.